The van der Waals surface area contributed by atoms with E-state index in [1.54, 1.807) is 36.7 Å². The molecule has 0 saturated heterocycles. The summed E-state index contributed by atoms with van der Waals surface area (Å²) in [5, 5.41) is 19.7. The van der Waals surface area contributed by atoms with Gasteiger partial charge in [0.1, 0.15) is 17.6 Å². The van der Waals surface area contributed by atoms with Crippen LogP contribution in [0, 0.1) is 23.7 Å². The second kappa shape index (κ2) is 6.85. The number of hydrazone groups is 1. The Labute approximate surface area is 127 Å². The Morgan fingerprint density at radius 1 is 1.45 bits per heavy atom. The van der Waals surface area contributed by atoms with Gasteiger partial charge in [0, 0.05) is 6.20 Å². The Hall–Kier alpha value is -3.40. The van der Waals surface area contributed by atoms with E-state index in [0.717, 1.165) is 5.56 Å². The van der Waals surface area contributed by atoms with Crippen molar-refractivity contribution in [3.05, 3.63) is 48.3 Å². The molecule has 0 radical (unpaired) electrons. The van der Waals surface area contributed by atoms with Crippen LogP contribution in [0.5, 0.6) is 11.5 Å². The molecule has 0 bridgehead atoms. The number of hydrogen-bond acceptors (Lipinski definition) is 6. The molecule has 4 N–H and O–H groups in total. The highest BCUT2D eigenvalue weighted by Crippen LogP contribution is 2.26. The Morgan fingerprint density at radius 2 is 2.27 bits per heavy atom. The number of nitrogens with one attached hydrogen (secondary N) is 2. The monoisotopic (exact) mass is 294 g/mol. The maximum atomic E-state index is 8.77. The van der Waals surface area contributed by atoms with Gasteiger partial charge in [0.2, 0.25) is 5.71 Å². The lowest BCUT2D eigenvalue weighted by Crippen LogP contribution is -2.21. The second-order valence-corrected chi connectivity index (χ2v) is 4.37. The van der Waals surface area contributed by atoms with Crippen LogP contribution in [0.3, 0.4) is 0 Å². The number of nitrogens with zero attached hydrogens (tertiary/aromatic N) is 3. The van der Waals surface area contributed by atoms with E-state index < -0.39 is 0 Å². The average Bonchev–Trinajstić information content (AvgIpc) is 2.51. The fraction of sp³-hybridized carbons (Fsp3) is 0.0667. The number of aromatic nitrogens is 1. The fourth-order valence-electron chi connectivity index (χ4n) is 1.63. The highest BCUT2D eigenvalue weighted by Gasteiger charge is 2.04. The van der Waals surface area contributed by atoms with Crippen LogP contribution in [0.25, 0.3) is 0 Å². The predicted molar refractivity (Wildman–Crippen MR) is 84.1 cm³/mol. The van der Waals surface area contributed by atoms with E-state index >= 15 is 0 Å². The summed E-state index contributed by atoms with van der Waals surface area (Å²) in [5.74, 6) is 0.950. The van der Waals surface area contributed by atoms with Gasteiger partial charge in [0.25, 0.3) is 0 Å². The molecule has 22 heavy (non-hydrogen) atoms. The lowest BCUT2D eigenvalue weighted by Gasteiger charge is -2.10. The lowest BCUT2D eigenvalue weighted by molar-refractivity contribution is 0.476. The van der Waals surface area contributed by atoms with Crippen LogP contribution in [0.2, 0.25) is 0 Å². The summed E-state index contributed by atoms with van der Waals surface area (Å²) in [7, 11) is 0. The zero-order chi connectivity index (χ0) is 15.9. The molecule has 0 spiro atoms. The van der Waals surface area contributed by atoms with Crippen LogP contribution >= 0.6 is 0 Å². The zero-order valence-corrected chi connectivity index (χ0v) is 11.9. The normalized spacial score (nSPS) is 10.6. The van der Waals surface area contributed by atoms with Crippen molar-refractivity contribution in [2.75, 3.05) is 5.43 Å². The number of hydrogen-bond donors (Lipinski definition) is 3. The number of pyridine rings is 1. The Kier molecular flexibility index (Phi) is 4.67. The van der Waals surface area contributed by atoms with Gasteiger partial charge in [-0.1, -0.05) is 0 Å². The van der Waals surface area contributed by atoms with Crippen molar-refractivity contribution in [3.8, 4) is 17.6 Å². The first-order chi connectivity index (χ1) is 10.6. The number of anilines is 1. The molecule has 0 saturated carbocycles. The van der Waals surface area contributed by atoms with Crippen LogP contribution in [0.1, 0.15) is 5.56 Å². The molecule has 0 aliphatic carbocycles. The van der Waals surface area contributed by atoms with E-state index in [9.17, 15) is 0 Å². The number of ether oxygens (including phenoxy) is 1. The van der Waals surface area contributed by atoms with Crippen LogP contribution < -0.4 is 15.9 Å². The van der Waals surface area contributed by atoms with Gasteiger partial charge in [-0.05, 0) is 42.8 Å². The molecule has 1 aromatic heterocycles. The van der Waals surface area contributed by atoms with Gasteiger partial charge >= 0.3 is 0 Å². The van der Waals surface area contributed by atoms with E-state index in [-0.39, 0.29) is 11.5 Å². The number of rotatable bonds is 5. The zero-order valence-electron chi connectivity index (χ0n) is 11.9. The molecule has 0 fully saturated rings. The Bertz CT molecular complexity index is 748. The molecule has 1 heterocycles. The first-order valence-electron chi connectivity index (χ1n) is 6.37. The average molecular weight is 294 g/mol. The minimum Gasteiger partial charge on any atom is -0.455 e. The van der Waals surface area contributed by atoms with Gasteiger partial charge in [-0.25, -0.2) is 0 Å². The Morgan fingerprint density at radius 3 is 2.86 bits per heavy atom. The summed E-state index contributed by atoms with van der Waals surface area (Å²) in [5.41, 5.74) is 9.27. The van der Waals surface area contributed by atoms with Gasteiger partial charge < -0.3 is 10.5 Å². The van der Waals surface area contributed by atoms with Gasteiger partial charge in [-0.2, -0.15) is 10.4 Å². The smallest absolute Gasteiger partial charge is 0.201 e. The summed E-state index contributed by atoms with van der Waals surface area (Å²) in [4.78, 5) is 3.99. The Balaban J connectivity index is 2.13. The summed E-state index contributed by atoms with van der Waals surface area (Å²) in [6.45, 7) is 1.89. The van der Waals surface area contributed by atoms with Crippen molar-refractivity contribution in [2.45, 2.75) is 6.92 Å². The summed E-state index contributed by atoms with van der Waals surface area (Å²) >= 11 is 0. The molecule has 0 aliphatic heterocycles. The van der Waals surface area contributed by atoms with E-state index in [1.165, 1.54) is 0 Å². The number of benzene rings is 1. The SMILES string of the molecule is Cc1cc(N/N=C(\C#N)C(=N)N)ccc1Oc1cccnc1. The van der Waals surface area contributed by atoms with Crippen molar-refractivity contribution in [1.29, 1.82) is 10.7 Å². The molecule has 0 unspecified atom stereocenters. The number of nitriles is 1. The third kappa shape index (κ3) is 3.80. The topological polar surface area (TPSA) is 120 Å². The van der Waals surface area contributed by atoms with E-state index in [0.29, 0.717) is 17.2 Å². The van der Waals surface area contributed by atoms with E-state index in [2.05, 4.69) is 15.5 Å². The molecular weight excluding hydrogens is 280 g/mol. The molecule has 2 rings (SSSR count). The summed E-state index contributed by atoms with van der Waals surface area (Å²) in [6, 6.07) is 10.7. The van der Waals surface area contributed by atoms with Crippen molar-refractivity contribution >= 4 is 17.2 Å². The van der Waals surface area contributed by atoms with Crippen molar-refractivity contribution < 1.29 is 4.74 Å². The largest absolute Gasteiger partial charge is 0.455 e. The first kappa shape index (κ1) is 15.0. The highest BCUT2D eigenvalue weighted by molar-refractivity contribution is 6.45. The number of nitrogens with two attached hydrogens (primary N) is 1. The second-order valence-electron chi connectivity index (χ2n) is 4.37. The van der Waals surface area contributed by atoms with Gasteiger partial charge in [-0.3, -0.25) is 15.8 Å². The quantitative estimate of drug-likeness (QED) is 0.444. The van der Waals surface area contributed by atoms with Gasteiger partial charge in [-0.15, -0.1) is 0 Å². The van der Waals surface area contributed by atoms with E-state index in [4.69, 9.17) is 21.1 Å². The predicted octanol–water partition coefficient (Wildman–Crippen LogP) is 2.41. The molecular formula is C15H14N6O. The highest BCUT2D eigenvalue weighted by atomic mass is 16.5. The first-order valence-corrected chi connectivity index (χ1v) is 6.37. The van der Waals surface area contributed by atoms with Crippen molar-refractivity contribution in [1.82, 2.24) is 4.98 Å². The third-order valence-corrected chi connectivity index (χ3v) is 2.69. The third-order valence-electron chi connectivity index (χ3n) is 2.69. The van der Waals surface area contributed by atoms with Crippen LogP contribution in [0.15, 0.2) is 47.8 Å². The molecule has 1 aromatic carbocycles. The molecule has 2 aromatic rings. The molecule has 7 heteroatoms. The summed E-state index contributed by atoms with van der Waals surface area (Å²) in [6.07, 6.45) is 3.30. The number of amidine groups is 1. The standard InChI is InChI=1S/C15H14N6O/c1-10-7-11(20-21-13(8-16)15(17)18)4-5-14(10)22-12-3-2-6-19-9-12/h2-7,9,20H,1H3,(H3,17,18)/b21-13+. The maximum absolute atomic E-state index is 8.77. The van der Waals surface area contributed by atoms with Gasteiger partial charge in [0.05, 0.1) is 11.9 Å². The molecule has 7 nitrogen and oxygen atoms in total. The minimum absolute atomic E-state index is 0.173. The fourth-order valence-corrected chi connectivity index (χ4v) is 1.63. The van der Waals surface area contributed by atoms with Crippen molar-refractivity contribution in [2.24, 2.45) is 10.8 Å². The summed E-state index contributed by atoms with van der Waals surface area (Å²) < 4.78 is 5.72. The molecule has 0 amide bonds. The van der Waals surface area contributed by atoms with Gasteiger partial charge in [0.15, 0.2) is 5.84 Å². The minimum atomic E-state index is -0.386. The van der Waals surface area contributed by atoms with E-state index in [1.807, 2.05) is 19.1 Å². The van der Waals surface area contributed by atoms with Crippen LogP contribution in [-0.4, -0.2) is 16.5 Å². The maximum Gasteiger partial charge on any atom is 0.201 e. The lowest BCUT2D eigenvalue weighted by atomic mass is 10.2. The molecule has 110 valence electrons. The van der Waals surface area contributed by atoms with Crippen LogP contribution in [-0.2, 0) is 0 Å². The van der Waals surface area contributed by atoms with Crippen LogP contribution in [0.4, 0.5) is 5.69 Å². The molecule has 0 atom stereocenters. The number of aryl methyl sites for hydroxylation is 1. The van der Waals surface area contributed by atoms with Crippen molar-refractivity contribution in [3.63, 3.8) is 0 Å². The molecule has 0 aliphatic rings.